The van der Waals surface area contributed by atoms with Crippen LogP contribution in [0.3, 0.4) is 0 Å². The molecular formula is C16H22N2O2S. The number of thiazole rings is 1. The molecule has 0 fully saturated rings. The molecule has 2 aromatic rings. The Morgan fingerprint density at radius 2 is 1.90 bits per heavy atom. The van der Waals surface area contributed by atoms with Crippen molar-refractivity contribution >= 4 is 11.3 Å². The quantitative estimate of drug-likeness (QED) is 0.719. The smallest absolute Gasteiger partial charge is 0.161 e. The zero-order valence-electron chi connectivity index (χ0n) is 12.6. The maximum Gasteiger partial charge on any atom is 0.161 e. The van der Waals surface area contributed by atoms with Gasteiger partial charge in [-0.25, -0.2) is 4.98 Å². The van der Waals surface area contributed by atoms with E-state index >= 15 is 0 Å². The first-order chi connectivity index (χ1) is 10.3. The van der Waals surface area contributed by atoms with Gasteiger partial charge in [-0.15, -0.1) is 11.3 Å². The van der Waals surface area contributed by atoms with E-state index in [1.165, 1.54) is 4.88 Å². The molecule has 1 aromatic heterocycles. The molecule has 21 heavy (non-hydrogen) atoms. The standard InChI is InChI=1S/C16H22N2O2S/c1-3-9-17-10-13-11-18-16(21-13)12-20-15-8-6-5-7-14(15)19-4-2/h5-8,11,17H,3-4,9-10,12H2,1-2H3. The normalized spacial score (nSPS) is 10.6. The number of nitrogens with one attached hydrogen (secondary N) is 1. The summed E-state index contributed by atoms with van der Waals surface area (Å²) in [6, 6.07) is 7.72. The molecule has 5 heteroatoms. The van der Waals surface area contributed by atoms with Crippen molar-refractivity contribution in [3.8, 4) is 11.5 Å². The van der Waals surface area contributed by atoms with Crippen LogP contribution in [0.15, 0.2) is 30.5 Å². The van der Waals surface area contributed by atoms with E-state index in [4.69, 9.17) is 9.47 Å². The van der Waals surface area contributed by atoms with Gasteiger partial charge >= 0.3 is 0 Å². The number of nitrogens with zero attached hydrogens (tertiary/aromatic N) is 1. The predicted octanol–water partition coefficient (Wildman–Crippen LogP) is 3.62. The minimum absolute atomic E-state index is 0.475. The number of para-hydroxylation sites is 2. The van der Waals surface area contributed by atoms with Crippen molar-refractivity contribution in [2.45, 2.75) is 33.4 Å². The van der Waals surface area contributed by atoms with Crippen LogP contribution in [0.2, 0.25) is 0 Å². The van der Waals surface area contributed by atoms with Gasteiger partial charge in [-0.3, -0.25) is 0 Å². The molecule has 0 unspecified atom stereocenters. The lowest BCUT2D eigenvalue weighted by Gasteiger charge is -2.10. The van der Waals surface area contributed by atoms with Crippen LogP contribution in [0.25, 0.3) is 0 Å². The molecule has 114 valence electrons. The zero-order valence-corrected chi connectivity index (χ0v) is 13.4. The Morgan fingerprint density at radius 3 is 2.62 bits per heavy atom. The second-order valence-corrected chi connectivity index (χ2v) is 5.77. The van der Waals surface area contributed by atoms with E-state index in [0.29, 0.717) is 13.2 Å². The largest absolute Gasteiger partial charge is 0.490 e. The molecule has 1 aromatic carbocycles. The zero-order chi connectivity index (χ0) is 14.9. The monoisotopic (exact) mass is 306 g/mol. The summed E-state index contributed by atoms with van der Waals surface area (Å²) in [5, 5.41) is 4.36. The second-order valence-electron chi connectivity index (χ2n) is 4.57. The lowest BCUT2D eigenvalue weighted by Crippen LogP contribution is -2.12. The first-order valence-corrected chi connectivity index (χ1v) is 8.14. The number of rotatable bonds is 9. The summed E-state index contributed by atoms with van der Waals surface area (Å²) in [4.78, 5) is 5.63. The van der Waals surface area contributed by atoms with E-state index in [-0.39, 0.29) is 0 Å². The molecule has 1 N–H and O–H groups in total. The molecule has 0 spiro atoms. The molecule has 0 radical (unpaired) electrons. The number of benzene rings is 1. The van der Waals surface area contributed by atoms with Crippen molar-refractivity contribution in [1.82, 2.24) is 10.3 Å². The minimum Gasteiger partial charge on any atom is -0.490 e. The Morgan fingerprint density at radius 1 is 1.14 bits per heavy atom. The van der Waals surface area contributed by atoms with Gasteiger partial charge in [0.05, 0.1) is 6.61 Å². The number of hydrogen-bond donors (Lipinski definition) is 1. The van der Waals surface area contributed by atoms with E-state index in [1.807, 2.05) is 37.4 Å². The molecule has 2 rings (SSSR count). The molecule has 0 bridgehead atoms. The summed E-state index contributed by atoms with van der Waals surface area (Å²) in [5.74, 6) is 1.54. The number of ether oxygens (including phenoxy) is 2. The van der Waals surface area contributed by atoms with E-state index in [1.54, 1.807) is 11.3 Å². The third kappa shape index (κ3) is 5.02. The van der Waals surface area contributed by atoms with Gasteiger partial charge < -0.3 is 14.8 Å². The fourth-order valence-electron chi connectivity index (χ4n) is 1.87. The molecule has 0 saturated heterocycles. The van der Waals surface area contributed by atoms with Crippen LogP contribution in [0.4, 0.5) is 0 Å². The third-order valence-corrected chi connectivity index (χ3v) is 3.80. The van der Waals surface area contributed by atoms with Crippen LogP contribution in [-0.2, 0) is 13.2 Å². The van der Waals surface area contributed by atoms with E-state index in [9.17, 15) is 0 Å². The minimum atomic E-state index is 0.475. The van der Waals surface area contributed by atoms with Gasteiger partial charge in [-0.2, -0.15) is 0 Å². The highest BCUT2D eigenvalue weighted by Gasteiger charge is 2.06. The maximum absolute atomic E-state index is 5.82. The van der Waals surface area contributed by atoms with Gasteiger partial charge in [0.2, 0.25) is 0 Å². The summed E-state index contributed by atoms with van der Waals surface area (Å²) >= 11 is 1.68. The summed E-state index contributed by atoms with van der Waals surface area (Å²) in [7, 11) is 0. The van der Waals surface area contributed by atoms with Gasteiger partial charge in [0.1, 0.15) is 11.6 Å². The Balaban J connectivity index is 1.88. The molecular weight excluding hydrogens is 284 g/mol. The SMILES string of the molecule is CCCNCc1cnc(COc2ccccc2OCC)s1. The van der Waals surface area contributed by atoms with Crippen LogP contribution in [0.1, 0.15) is 30.2 Å². The fraction of sp³-hybridized carbons (Fsp3) is 0.438. The highest BCUT2D eigenvalue weighted by molar-refractivity contribution is 7.11. The predicted molar refractivity (Wildman–Crippen MR) is 86.1 cm³/mol. The molecule has 0 saturated carbocycles. The van der Waals surface area contributed by atoms with Crippen LogP contribution in [0, 0.1) is 0 Å². The van der Waals surface area contributed by atoms with E-state index in [0.717, 1.165) is 36.0 Å². The lowest BCUT2D eigenvalue weighted by molar-refractivity contribution is 0.269. The molecule has 0 aliphatic rings. The summed E-state index contributed by atoms with van der Waals surface area (Å²) < 4.78 is 11.4. The van der Waals surface area contributed by atoms with Gasteiger partial charge in [0, 0.05) is 17.6 Å². The van der Waals surface area contributed by atoms with Crippen molar-refractivity contribution < 1.29 is 9.47 Å². The summed E-state index contributed by atoms with van der Waals surface area (Å²) in [6.07, 6.45) is 3.06. The fourth-order valence-corrected chi connectivity index (χ4v) is 2.67. The highest BCUT2D eigenvalue weighted by atomic mass is 32.1. The average molecular weight is 306 g/mol. The highest BCUT2D eigenvalue weighted by Crippen LogP contribution is 2.27. The average Bonchev–Trinajstić information content (AvgIpc) is 2.95. The summed E-state index contributed by atoms with van der Waals surface area (Å²) in [5.41, 5.74) is 0. The summed E-state index contributed by atoms with van der Waals surface area (Å²) in [6.45, 7) is 7.14. The Labute approximate surface area is 130 Å². The Bertz CT molecular complexity index is 543. The van der Waals surface area contributed by atoms with Crippen molar-refractivity contribution in [2.24, 2.45) is 0 Å². The van der Waals surface area contributed by atoms with Crippen molar-refractivity contribution in [1.29, 1.82) is 0 Å². The topological polar surface area (TPSA) is 43.4 Å². The van der Waals surface area contributed by atoms with Crippen molar-refractivity contribution in [3.63, 3.8) is 0 Å². The van der Waals surface area contributed by atoms with Crippen LogP contribution in [0.5, 0.6) is 11.5 Å². The van der Waals surface area contributed by atoms with E-state index < -0.39 is 0 Å². The maximum atomic E-state index is 5.82. The first-order valence-electron chi connectivity index (χ1n) is 7.32. The molecule has 0 amide bonds. The third-order valence-electron chi connectivity index (χ3n) is 2.83. The molecule has 0 aliphatic carbocycles. The van der Waals surface area contributed by atoms with Gasteiger partial charge in [-0.1, -0.05) is 19.1 Å². The Hall–Kier alpha value is -1.59. The Kier molecular flexibility index (Phi) is 6.50. The number of hydrogen-bond acceptors (Lipinski definition) is 5. The number of aromatic nitrogens is 1. The van der Waals surface area contributed by atoms with Crippen molar-refractivity contribution in [3.05, 3.63) is 40.3 Å². The first kappa shape index (κ1) is 15.8. The second kappa shape index (κ2) is 8.64. The van der Waals surface area contributed by atoms with Crippen LogP contribution < -0.4 is 14.8 Å². The van der Waals surface area contributed by atoms with Gasteiger partial charge in [-0.05, 0) is 32.0 Å². The molecule has 1 heterocycles. The molecule has 4 nitrogen and oxygen atoms in total. The van der Waals surface area contributed by atoms with Gasteiger partial charge in [0.15, 0.2) is 11.5 Å². The van der Waals surface area contributed by atoms with Gasteiger partial charge in [0.25, 0.3) is 0 Å². The lowest BCUT2D eigenvalue weighted by atomic mass is 10.3. The molecule has 0 atom stereocenters. The van der Waals surface area contributed by atoms with E-state index in [2.05, 4.69) is 17.2 Å². The van der Waals surface area contributed by atoms with Crippen LogP contribution >= 0.6 is 11.3 Å². The van der Waals surface area contributed by atoms with Crippen LogP contribution in [-0.4, -0.2) is 18.1 Å². The van der Waals surface area contributed by atoms with Crippen molar-refractivity contribution in [2.75, 3.05) is 13.2 Å². The molecule has 0 aliphatic heterocycles.